The molecule has 0 saturated carbocycles. The van der Waals surface area contributed by atoms with Crippen molar-refractivity contribution in [3.63, 3.8) is 0 Å². The molecule has 0 fully saturated rings. The van der Waals surface area contributed by atoms with Gasteiger partial charge in [0.2, 0.25) is 5.91 Å². The van der Waals surface area contributed by atoms with Crippen LogP contribution < -0.4 is 11.1 Å². The smallest absolute Gasteiger partial charge is 0.241 e. The molecule has 0 aliphatic heterocycles. The minimum atomic E-state index is -0.427. The topological polar surface area (TPSA) is 55.1 Å². The molecule has 82 valence electrons. The molecule has 4 heteroatoms. The zero-order valence-corrected chi connectivity index (χ0v) is 11.0. The van der Waals surface area contributed by atoms with Crippen molar-refractivity contribution in [2.24, 2.45) is 5.73 Å². The average Bonchev–Trinajstić information content (AvgIpc) is 2.20. The summed E-state index contributed by atoms with van der Waals surface area (Å²) in [6.07, 6.45) is 0.648. The van der Waals surface area contributed by atoms with E-state index in [-0.39, 0.29) is 5.91 Å². The minimum absolute atomic E-state index is 0.123. The number of halogens is 1. The number of hydrogen-bond donors (Lipinski definition) is 2. The minimum Gasteiger partial charge on any atom is -0.324 e. The fraction of sp³-hybridized carbons (Fsp3) is 0.364. The summed E-state index contributed by atoms with van der Waals surface area (Å²) in [6.45, 7) is 3.86. The number of rotatable bonds is 3. The third kappa shape index (κ3) is 3.46. The third-order valence-electron chi connectivity index (χ3n) is 2.22. The van der Waals surface area contributed by atoms with Crippen LogP contribution >= 0.6 is 22.6 Å². The summed E-state index contributed by atoms with van der Waals surface area (Å²) in [5.41, 5.74) is 7.52. The second-order valence-electron chi connectivity index (χ2n) is 3.46. The summed E-state index contributed by atoms with van der Waals surface area (Å²) < 4.78 is 1.16. The first-order valence-electron chi connectivity index (χ1n) is 4.87. The maximum absolute atomic E-state index is 11.5. The first-order valence-corrected chi connectivity index (χ1v) is 5.95. The monoisotopic (exact) mass is 318 g/mol. The largest absolute Gasteiger partial charge is 0.324 e. The van der Waals surface area contributed by atoms with Crippen molar-refractivity contribution in [1.29, 1.82) is 0 Å². The molecule has 1 rings (SSSR count). The highest BCUT2D eigenvalue weighted by molar-refractivity contribution is 14.1. The van der Waals surface area contributed by atoms with E-state index >= 15 is 0 Å². The Kier molecular flexibility index (Phi) is 4.53. The van der Waals surface area contributed by atoms with Gasteiger partial charge in [0.05, 0.1) is 6.04 Å². The molecule has 0 aliphatic rings. The average molecular weight is 318 g/mol. The van der Waals surface area contributed by atoms with Gasteiger partial charge in [-0.1, -0.05) is 6.92 Å². The lowest BCUT2D eigenvalue weighted by atomic mass is 10.2. The summed E-state index contributed by atoms with van der Waals surface area (Å²) in [5, 5.41) is 2.82. The molecular formula is C11H15IN2O. The van der Waals surface area contributed by atoms with Gasteiger partial charge in [0.25, 0.3) is 0 Å². The quantitative estimate of drug-likeness (QED) is 0.840. The summed E-state index contributed by atoms with van der Waals surface area (Å²) in [5.74, 6) is -0.123. The summed E-state index contributed by atoms with van der Waals surface area (Å²) in [7, 11) is 0. The second-order valence-corrected chi connectivity index (χ2v) is 4.71. The van der Waals surface area contributed by atoms with E-state index in [0.29, 0.717) is 6.42 Å². The van der Waals surface area contributed by atoms with Gasteiger partial charge in [0.1, 0.15) is 0 Å². The number of hydrogen-bond acceptors (Lipinski definition) is 2. The summed E-state index contributed by atoms with van der Waals surface area (Å²) in [4.78, 5) is 11.5. The van der Waals surface area contributed by atoms with Gasteiger partial charge in [-0.3, -0.25) is 4.79 Å². The van der Waals surface area contributed by atoms with E-state index in [2.05, 4.69) is 27.9 Å². The maximum Gasteiger partial charge on any atom is 0.241 e. The van der Waals surface area contributed by atoms with Gasteiger partial charge >= 0.3 is 0 Å². The molecule has 0 aliphatic carbocycles. The van der Waals surface area contributed by atoms with Gasteiger partial charge in [-0.15, -0.1) is 0 Å². The van der Waals surface area contributed by atoms with Crippen molar-refractivity contribution in [2.75, 3.05) is 5.32 Å². The van der Waals surface area contributed by atoms with Gasteiger partial charge < -0.3 is 11.1 Å². The highest BCUT2D eigenvalue weighted by Gasteiger charge is 2.11. The Labute approximate surface area is 104 Å². The van der Waals surface area contributed by atoms with Crippen LogP contribution in [0.25, 0.3) is 0 Å². The van der Waals surface area contributed by atoms with Crippen LogP contribution in [0.5, 0.6) is 0 Å². The van der Waals surface area contributed by atoms with E-state index < -0.39 is 6.04 Å². The van der Waals surface area contributed by atoms with Crippen LogP contribution in [0.4, 0.5) is 5.69 Å². The predicted octanol–water partition coefficient (Wildman–Crippen LogP) is 2.28. The van der Waals surface area contributed by atoms with Crippen molar-refractivity contribution in [3.8, 4) is 0 Å². The van der Waals surface area contributed by atoms with E-state index in [1.807, 2.05) is 32.0 Å². The van der Waals surface area contributed by atoms with Crippen molar-refractivity contribution in [2.45, 2.75) is 26.3 Å². The molecule has 3 N–H and O–H groups in total. The number of anilines is 1. The van der Waals surface area contributed by atoms with Crippen LogP contribution in [-0.4, -0.2) is 11.9 Å². The molecular weight excluding hydrogens is 303 g/mol. The molecule has 15 heavy (non-hydrogen) atoms. The number of benzene rings is 1. The second kappa shape index (κ2) is 5.46. The van der Waals surface area contributed by atoms with Crippen LogP contribution in [0.3, 0.4) is 0 Å². The van der Waals surface area contributed by atoms with Crippen molar-refractivity contribution in [1.82, 2.24) is 0 Å². The molecule has 0 aromatic heterocycles. The Morgan fingerprint density at radius 1 is 1.60 bits per heavy atom. The predicted molar refractivity (Wildman–Crippen MR) is 70.8 cm³/mol. The van der Waals surface area contributed by atoms with E-state index in [1.54, 1.807) is 0 Å². The zero-order valence-electron chi connectivity index (χ0n) is 8.88. The summed E-state index contributed by atoms with van der Waals surface area (Å²) >= 11 is 2.24. The van der Waals surface area contributed by atoms with E-state index in [9.17, 15) is 4.79 Å². The van der Waals surface area contributed by atoms with Gasteiger partial charge in [0.15, 0.2) is 0 Å². The van der Waals surface area contributed by atoms with E-state index in [4.69, 9.17) is 5.73 Å². The maximum atomic E-state index is 11.5. The van der Waals surface area contributed by atoms with Crippen LogP contribution in [0, 0.1) is 10.5 Å². The lowest BCUT2D eigenvalue weighted by molar-refractivity contribution is -0.117. The zero-order chi connectivity index (χ0) is 11.4. The Morgan fingerprint density at radius 3 is 2.80 bits per heavy atom. The van der Waals surface area contributed by atoms with Crippen molar-refractivity contribution < 1.29 is 4.79 Å². The number of amides is 1. The van der Waals surface area contributed by atoms with Crippen molar-refractivity contribution >= 4 is 34.2 Å². The molecule has 0 radical (unpaired) electrons. The van der Waals surface area contributed by atoms with Crippen LogP contribution in [-0.2, 0) is 4.79 Å². The van der Waals surface area contributed by atoms with Crippen LogP contribution in [0.15, 0.2) is 18.2 Å². The number of carbonyl (C=O) groups is 1. The third-order valence-corrected chi connectivity index (χ3v) is 2.89. The number of nitrogens with two attached hydrogens (primary N) is 1. The fourth-order valence-electron chi connectivity index (χ4n) is 1.18. The summed E-state index contributed by atoms with van der Waals surface area (Å²) in [6, 6.07) is 5.45. The Balaban J connectivity index is 2.77. The number of nitrogens with one attached hydrogen (secondary N) is 1. The van der Waals surface area contributed by atoms with Crippen molar-refractivity contribution in [3.05, 3.63) is 27.3 Å². The molecule has 0 bridgehead atoms. The molecule has 1 atom stereocenters. The molecule has 0 unspecified atom stereocenters. The van der Waals surface area contributed by atoms with Gasteiger partial charge in [0, 0.05) is 9.26 Å². The molecule has 1 amide bonds. The first kappa shape index (κ1) is 12.4. The highest BCUT2D eigenvalue weighted by Crippen LogP contribution is 2.17. The van der Waals surface area contributed by atoms with Crippen LogP contribution in [0.2, 0.25) is 0 Å². The standard InChI is InChI=1S/C11H15IN2O/c1-3-9(13)11(15)14-10-5-4-8(12)6-7(10)2/h4-6,9H,3,13H2,1-2H3,(H,14,15)/t9-/m1/s1. The van der Waals surface area contributed by atoms with Crippen LogP contribution in [0.1, 0.15) is 18.9 Å². The lowest BCUT2D eigenvalue weighted by Gasteiger charge is -2.12. The Bertz CT molecular complexity index is 366. The lowest BCUT2D eigenvalue weighted by Crippen LogP contribution is -2.34. The van der Waals surface area contributed by atoms with Gasteiger partial charge in [-0.05, 0) is 59.7 Å². The molecule has 0 saturated heterocycles. The normalized spacial score (nSPS) is 12.3. The van der Waals surface area contributed by atoms with E-state index in [1.165, 1.54) is 0 Å². The fourth-order valence-corrected chi connectivity index (χ4v) is 1.83. The molecule has 3 nitrogen and oxygen atoms in total. The Morgan fingerprint density at radius 2 is 2.27 bits per heavy atom. The number of aryl methyl sites for hydroxylation is 1. The first-order chi connectivity index (χ1) is 7.04. The molecule has 1 aromatic carbocycles. The Hall–Kier alpha value is -0.620. The molecule has 0 heterocycles. The van der Waals surface area contributed by atoms with Gasteiger partial charge in [-0.25, -0.2) is 0 Å². The SMILES string of the molecule is CC[C@@H](N)C(=O)Nc1ccc(I)cc1C. The molecule has 1 aromatic rings. The van der Waals surface area contributed by atoms with E-state index in [0.717, 1.165) is 14.8 Å². The molecule has 0 spiro atoms. The highest BCUT2D eigenvalue weighted by atomic mass is 127. The van der Waals surface area contributed by atoms with Gasteiger partial charge in [-0.2, -0.15) is 0 Å². The number of carbonyl (C=O) groups excluding carboxylic acids is 1.